The summed E-state index contributed by atoms with van der Waals surface area (Å²) in [5.41, 5.74) is 9.54. The van der Waals surface area contributed by atoms with Crippen LogP contribution in [0.2, 0.25) is 0 Å². The second-order valence-electron chi connectivity index (χ2n) is 12.8. The molecule has 0 fully saturated rings. The normalized spacial score (nSPS) is 10.8. The molecule has 8 rings (SSSR count). The molecule has 0 aliphatic heterocycles. The van der Waals surface area contributed by atoms with Gasteiger partial charge in [0.05, 0.1) is 0 Å². The van der Waals surface area contributed by atoms with Crippen molar-refractivity contribution in [2.24, 2.45) is 0 Å². The van der Waals surface area contributed by atoms with Gasteiger partial charge in [-0.2, -0.15) is 12.1 Å². The molecule has 0 saturated heterocycles. The van der Waals surface area contributed by atoms with Gasteiger partial charge in [0.1, 0.15) is 0 Å². The molecule has 0 aliphatic rings. The molecular formula is C48H50Cl2SiZr-4. The van der Waals surface area contributed by atoms with Gasteiger partial charge < -0.3 is 14.9 Å². The number of fused-ring (bicyclic) bond motifs is 4. The molecule has 4 heteroatoms. The Kier molecular flexibility index (Phi) is 18.0. The van der Waals surface area contributed by atoms with Crippen LogP contribution >= 0.6 is 24.8 Å². The SMILES string of the molecule is CCCC(CC)c1cc2c(-c3cccc4ccccc34)cccc2[cH-]1.Cc1cc2c(-c3cccc4ccccc34)ccc(C)c2[cH-]1.Cl.Cl.[CH3-].[CH3-].[Si]=[Zr]. The quantitative estimate of drug-likeness (QED) is 0.116. The van der Waals surface area contributed by atoms with Gasteiger partial charge in [-0.05, 0) is 45.0 Å². The van der Waals surface area contributed by atoms with Gasteiger partial charge in [-0.15, -0.1) is 93.4 Å². The number of rotatable bonds is 6. The van der Waals surface area contributed by atoms with Crippen molar-refractivity contribution in [2.75, 3.05) is 0 Å². The molecule has 1 atom stereocenters. The van der Waals surface area contributed by atoms with Gasteiger partial charge in [-0.25, -0.2) is 0 Å². The minimum atomic E-state index is 0. The molecule has 52 heavy (non-hydrogen) atoms. The minimum absolute atomic E-state index is 0. The van der Waals surface area contributed by atoms with Crippen LogP contribution in [0.5, 0.6) is 0 Å². The number of aryl methyl sites for hydroxylation is 2. The van der Waals surface area contributed by atoms with Gasteiger partial charge >= 0.3 is 30.2 Å². The van der Waals surface area contributed by atoms with Crippen LogP contribution in [0.1, 0.15) is 55.7 Å². The van der Waals surface area contributed by atoms with E-state index in [1.54, 1.807) is 0 Å². The zero-order chi connectivity index (χ0) is 33.6. The van der Waals surface area contributed by atoms with Crippen molar-refractivity contribution in [3.05, 3.63) is 171 Å². The van der Waals surface area contributed by atoms with Gasteiger partial charge in [0.2, 0.25) is 0 Å². The van der Waals surface area contributed by atoms with E-state index < -0.39 is 0 Å². The Morgan fingerprint density at radius 3 is 1.62 bits per heavy atom. The van der Waals surface area contributed by atoms with Crippen LogP contribution < -0.4 is 0 Å². The Morgan fingerprint density at radius 2 is 1.06 bits per heavy atom. The van der Waals surface area contributed by atoms with Crippen molar-refractivity contribution in [3.63, 3.8) is 0 Å². The first kappa shape index (κ1) is 44.9. The van der Waals surface area contributed by atoms with Crippen LogP contribution in [-0.2, 0) is 23.3 Å². The Balaban J connectivity index is 0.000000324. The third-order valence-corrected chi connectivity index (χ3v) is 9.78. The average Bonchev–Trinajstić information content (AvgIpc) is 3.76. The molecule has 0 heterocycles. The topological polar surface area (TPSA) is 0 Å². The molecule has 0 amide bonds. The first-order chi connectivity index (χ1) is 23.6. The van der Waals surface area contributed by atoms with Crippen molar-refractivity contribution in [3.8, 4) is 22.3 Å². The molecule has 0 bridgehead atoms. The van der Waals surface area contributed by atoms with E-state index >= 15 is 0 Å². The summed E-state index contributed by atoms with van der Waals surface area (Å²) >= 11 is 1.36. The summed E-state index contributed by atoms with van der Waals surface area (Å²) in [4.78, 5) is 0. The molecule has 0 aliphatic carbocycles. The summed E-state index contributed by atoms with van der Waals surface area (Å²) in [6, 6.07) is 51.2. The standard InChI is InChI=1S/C25H25.C21H17.2CH3.2ClH.Si.Zr/c1-3-9-18(4-2)21-16-20-12-8-15-24(25(20)17-21)23-14-7-11-19-10-5-6-13-22(19)23;1-14-12-20-15(2)10-11-19(21(20)13-14)18-9-5-7-16-6-3-4-8-17(16)18;;;;;;/h5-8,10-18H,3-4,9H2,1-2H3;3-13H,1-2H3;2*1H3;2*1H;;/q4*-1;;;;. The first-order valence-electron chi connectivity index (χ1n) is 17.1. The van der Waals surface area contributed by atoms with Crippen LogP contribution in [-0.4, -0.2) is 6.88 Å². The third kappa shape index (κ3) is 9.26. The van der Waals surface area contributed by atoms with Gasteiger partial charge in [-0.3, -0.25) is 0 Å². The molecule has 268 valence electrons. The number of halogens is 2. The number of benzene rings is 6. The Morgan fingerprint density at radius 1 is 0.558 bits per heavy atom. The molecule has 1 unspecified atom stereocenters. The van der Waals surface area contributed by atoms with Crippen LogP contribution in [0.25, 0.3) is 65.3 Å². The summed E-state index contributed by atoms with van der Waals surface area (Å²) in [5.74, 6) is 0.678. The monoisotopic (exact) mass is 814 g/mol. The summed E-state index contributed by atoms with van der Waals surface area (Å²) in [5, 5.41) is 10.8. The van der Waals surface area contributed by atoms with Crippen LogP contribution in [0.15, 0.2) is 140 Å². The Labute approximate surface area is 341 Å². The van der Waals surface area contributed by atoms with Crippen molar-refractivity contribution < 1.29 is 23.3 Å². The second kappa shape index (κ2) is 20.8. The van der Waals surface area contributed by atoms with Crippen LogP contribution in [0, 0.1) is 28.7 Å². The van der Waals surface area contributed by atoms with Gasteiger partial charge in [0.25, 0.3) is 0 Å². The molecule has 0 saturated carbocycles. The molecule has 0 N–H and O–H groups in total. The summed E-state index contributed by atoms with van der Waals surface area (Å²) in [6.45, 7) is 12.0. The fourth-order valence-electron chi connectivity index (χ4n) is 7.43. The van der Waals surface area contributed by atoms with E-state index in [2.05, 4.69) is 174 Å². The van der Waals surface area contributed by atoms with E-state index in [0.29, 0.717) is 5.92 Å². The number of hydrogen-bond acceptors (Lipinski definition) is 0. The fraction of sp³-hybridized carbons (Fsp3) is 0.167. The van der Waals surface area contributed by atoms with Crippen molar-refractivity contribution >= 4 is 74.8 Å². The Bertz CT molecular complexity index is 2320. The third-order valence-electron chi connectivity index (χ3n) is 9.78. The van der Waals surface area contributed by atoms with E-state index in [-0.39, 0.29) is 39.7 Å². The summed E-state index contributed by atoms with van der Waals surface area (Å²) < 4.78 is 0. The summed E-state index contributed by atoms with van der Waals surface area (Å²) in [7, 11) is 0. The van der Waals surface area contributed by atoms with Crippen molar-refractivity contribution in [1.29, 1.82) is 0 Å². The Hall–Kier alpha value is -3.26. The predicted octanol–water partition coefficient (Wildman–Crippen LogP) is 15.0. The van der Waals surface area contributed by atoms with Crippen molar-refractivity contribution in [2.45, 2.75) is 52.9 Å². The molecule has 0 aromatic heterocycles. The van der Waals surface area contributed by atoms with Crippen molar-refractivity contribution in [1.82, 2.24) is 0 Å². The maximum absolute atomic E-state index is 3.06. The number of hydrogen-bond donors (Lipinski definition) is 0. The van der Waals surface area contributed by atoms with E-state index in [4.69, 9.17) is 0 Å². The van der Waals surface area contributed by atoms with Gasteiger partial charge in [0, 0.05) is 0 Å². The van der Waals surface area contributed by atoms with E-state index in [9.17, 15) is 0 Å². The molecule has 0 nitrogen and oxygen atoms in total. The zero-order valence-electron chi connectivity index (χ0n) is 31.3. The first-order valence-corrected chi connectivity index (χ1v) is 21.3. The zero-order valence-corrected chi connectivity index (χ0v) is 36.4. The van der Waals surface area contributed by atoms with Crippen LogP contribution in [0.4, 0.5) is 0 Å². The molecule has 8 aromatic rings. The van der Waals surface area contributed by atoms with Crippen LogP contribution in [0.3, 0.4) is 0 Å². The molecule has 0 spiro atoms. The van der Waals surface area contributed by atoms with E-state index in [0.717, 1.165) is 0 Å². The van der Waals surface area contributed by atoms with E-state index in [1.807, 2.05) is 0 Å². The van der Waals surface area contributed by atoms with Gasteiger partial charge in [-0.1, -0.05) is 149 Å². The summed E-state index contributed by atoms with van der Waals surface area (Å²) in [6.07, 6.45) is 3.74. The molecular weight excluding hydrogens is 767 g/mol. The van der Waals surface area contributed by atoms with E-state index in [1.165, 1.54) is 125 Å². The average molecular weight is 817 g/mol. The predicted molar refractivity (Wildman–Crippen MR) is 235 cm³/mol. The second-order valence-corrected chi connectivity index (χ2v) is 12.8. The fourth-order valence-corrected chi connectivity index (χ4v) is 7.43. The maximum atomic E-state index is 3.06. The molecule has 8 aromatic carbocycles. The molecule has 2 radical (unpaired) electrons. The van der Waals surface area contributed by atoms with Gasteiger partial charge in [0.15, 0.2) is 0 Å².